The summed E-state index contributed by atoms with van der Waals surface area (Å²) in [7, 11) is 0. The molecule has 0 amide bonds. The number of nitrogens with zero attached hydrogens (tertiary/aromatic N) is 1. The molecule has 5 aliphatic rings. The molecule has 3 aliphatic carbocycles. The molecule has 9 heteroatoms. The lowest BCUT2D eigenvalue weighted by molar-refractivity contribution is -0.924. The van der Waals surface area contributed by atoms with Gasteiger partial charge in [0, 0.05) is 30.9 Å². The molecule has 41 heavy (non-hydrogen) atoms. The van der Waals surface area contributed by atoms with Crippen molar-refractivity contribution < 1.29 is 36.8 Å². The van der Waals surface area contributed by atoms with Crippen LogP contribution in [-0.4, -0.2) is 54.2 Å². The van der Waals surface area contributed by atoms with E-state index in [0.29, 0.717) is 51.3 Å². The summed E-state index contributed by atoms with van der Waals surface area (Å²) < 4.78 is 57.5. The smallest absolute Gasteiger partial charge is 0.491 e. The summed E-state index contributed by atoms with van der Waals surface area (Å²) in [6.07, 6.45) is 0.137. The van der Waals surface area contributed by atoms with Gasteiger partial charge in [0.25, 0.3) is 0 Å². The Morgan fingerprint density at radius 2 is 1.93 bits per heavy atom. The van der Waals surface area contributed by atoms with Gasteiger partial charge in [0.1, 0.15) is 17.7 Å². The second-order valence-electron chi connectivity index (χ2n) is 12.5. The Hall–Kier alpha value is -2.88. The molecule has 1 spiro atoms. The zero-order chi connectivity index (χ0) is 28.6. The summed E-state index contributed by atoms with van der Waals surface area (Å²) >= 11 is 0. The number of hydroxylamine groups is 3. The van der Waals surface area contributed by atoms with Crippen LogP contribution < -0.4 is 9.47 Å². The maximum absolute atomic E-state index is 14.8. The van der Waals surface area contributed by atoms with Crippen molar-refractivity contribution in [1.82, 2.24) is 0 Å². The van der Waals surface area contributed by atoms with Crippen LogP contribution in [0.5, 0.6) is 11.5 Å². The molecular weight excluding hydrogens is 535 g/mol. The highest BCUT2D eigenvalue weighted by atomic mass is 19.4. The predicted octanol–water partition coefficient (Wildman–Crippen LogP) is 5.94. The third kappa shape index (κ3) is 4.07. The van der Waals surface area contributed by atoms with E-state index in [0.717, 1.165) is 42.4 Å². The summed E-state index contributed by atoms with van der Waals surface area (Å²) in [6, 6.07) is 12.9. The van der Waals surface area contributed by atoms with Gasteiger partial charge in [-0.05, 0) is 61.3 Å². The van der Waals surface area contributed by atoms with Crippen molar-refractivity contribution in [1.29, 1.82) is 0 Å². The fourth-order valence-electron chi connectivity index (χ4n) is 8.33. The van der Waals surface area contributed by atoms with Crippen LogP contribution in [0.25, 0.3) is 0 Å². The van der Waals surface area contributed by atoms with Crippen LogP contribution in [0.3, 0.4) is 0 Å². The lowest BCUT2D eigenvalue weighted by atomic mass is 9.48. The molecule has 2 saturated carbocycles. The first-order valence-electron chi connectivity index (χ1n) is 14.6. The first kappa shape index (κ1) is 27.0. The van der Waals surface area contributed by atoms with Gasteiger partial charge in [-0.15, -0.1) is 0 Å². The van der Waals surface area contributed by atoms with Gasteiger partial charge in [-0.25, -0.2) is 4.79 Å². The van der Waals surface area contributed by atoms with Gasteiger partial charge in [-0.1, -0.05) is 43.0 Å². The number of esters is 1. The van der Waals surface area contributed by atoms with E-state index in [1.165, 1.54) is 11.6 Å². The molecule has 2 aromatic carbocycles. The summed E-state index contributed by atoms with van der Waals surface area (Å²) in [5, 5.41) is 14.8. The Labute approximate surface area is 237 Å². The fourth-order valence-corrected chi connectivity index (χ4v) is 8.33. The van der Waals surface area contributed by atoms with Gasteiger partial charge < -0.3 is 24.1 Å². The van der Waals surface area contributed by atoms with Crippen LogP contribution in [0.2, 0.25) is 0 Å². The number of halogens is 3. The standard InChI is InChI=1S/C32H34F3NO5/c1-20-13-14-31(39-17-5-8-21-6-3-2-4-7-21)25-18-23-11-12-24(40-29(37)32(33,34)35)27-26(23)30(31,28(20)41-27)15-16-36(25,38)19-22-9-10-22/h2-4,6-7,11-12,22,25,28H,1,5,8-10,13-19H2/t25-,28?,30+,31-,36?/m1/s1. The molecule has 5 atom stereocenters. The van der Waals surface area contributed by atoms with E-state index in [9.17, 15) is 23.2 Å². The molecule has 2 heterocycles. The number of benzene rings is 2. The normalized spacial score (nSPS) is 33.2. The van der Waals surface area contributed by atoms with E-state index in [1.807, 2.05) is 18.2 Å². The summed E-state index contributed by atoms with van der Waals surface area (Å²) in [4.78, 5) is 11.8. The lowest BCUT2D eigenvalue weighted by Gasteiger charge is -2.69. The SMILES string of the molecule is C=C1CC[C@@]2(OCCCc3ccccc3)[C@H]3Cc4ccc(OC(=O)C(F)(F)F)c5c4[C@@]2(CC[N+]3([O-])CC2CC2)C1O5. The van der Waals surface area contributed by atoms with E-state index in [2.05, 4.69) is 18.7 Å². The van der Waals surface area contributed by atoms with Crippen molar-refractivity contribution in [3.05, 3.63) is 76.5 Å². The Bertz CT molecular complexity index is 1390. The average Bonchev–Trinajstić information content (AvgIpc) is 3.67. The zero-order valence-corrected chi connectivity index (χ0v) is 22.9. The highest BCUT2D eigenvalue weighted by molar-refractivity contribution is 5.79. The molecule has 2 unspecified atom stereocenters. The summed E-state index contributed by atoms with van der Waals surface area (Å²) in [5.41, 5.74) is 2.01. The lowest BCUT2D eigenvalue weighted by Crippen LogP contribution is -2.80. The third-order valence-electron chi connectivity index (χ3n) is 10.2. The third-order valence-corrected chi connectivity index (χ3v) is 10.2. The number of quaternary nitrogens is 1. The summed E-state index contributed by atoms with van der Waals surface area (Å²) in [6.45, 7) is 5.70. The molecule has 218 valence electrons. The van der Waals surface area contributed by atoms with E-state index in [1.54, 1.807) is 6.07 Å². The monoisotopic (exact) mass is 569 g/mol. The van der Waals surface area contributed by atoms with Gasteiger partial charge in [0.05, 0.1) is 18.5 Å². The topological polar surface area (TPSA) is 67.8 Å². The molecular formula is C32H34F3NO5. The zero-order valence-electron chi connectivity index (χ0n) is 22.9. The molecule has 1 saturated heterocycles. The van der Waals surface area contributed by atoms with Crippen molar-refractivity contribution in [2.75, 3.05) is 19.7 Å². The van der Waals surface area contributed by atoms with E-state index in [4.69, 9.17) is 14.2 Å². The molecule has 7 rings (SSSR count). The van der Waals surface area contributed by atoms with Crippen LogP contribution in [-0.2, 0) is 27.8 Å². The quantitative estimate of drug-likeness (QED) is 0.0983. The van der Waals surface area contributed by atoms with Crippen LogP contribution in [0.4, 0.5) is 13.2 Å². The number of piperidine rings is 1. The number of hydrogen-bond donors (Lipinski definition) is 0. The van der Waals surface area contributed by atoms with Crippen LogP contribution in [0, 0.1) is 11.1 Å². The number of rotatable bonds is 8. The van der Waals surface area contributed by atoms with Crippen molar-refractivity contribution in [3.63, 3.8) is 0 Å². The molecule has 0 aromatic heterocycles. The van der Waals surface area contributed by atoms with Crippen LogP contribution >= 0.6 is 0 Å². The molecule has 3 fully saturated rings. The molecule has 2 bridgehead atoms. The van der Waals surface area contributed by atoms with Gasteiger partial charge in [0.15, 0.2) is 11.5 Å². The number of hydrogen-bond acceptors (Lipinski definition) is 5. The minimum atomic E-state index is -5.14. The van der Waals surface area contributed by atoms with Gasteiger partial charge >= 0.3 is 12.1 Å². The highest BCUT2D eigenvalue weighted by Crippen LogP contribution is 2.68. The Kier molecular flexibility index (Phi) is 6.13. The maximum Gasteiger partial charge on any atom is 0.491 e. The number of carbonyl (C=O) groups excluding carboxylic acids is 1. The van der Waals surface area contributed by atoms with Crippen molar-refractivity contribution in [2.24, 2.45) is 5.92 Å². The maximum atomic E-state index is 14.8. The first-order chi connectivity index (χ1) is 19.6. The fraction of sp³-hybridized carbons (Fsp3) is 0.531. The van der Waals surface area contributed by atoms with E-state index < -0.39 is 29.3 Å². The number of alkyl halides is 3. The average molecular weight is 570 g/mol. The minimum Gasteiger partial charge on any atom is -0.632 e. The van der Waals surface area contributed by atoms with Gasteiger partial charge in [-0.3, -0.25) is 0 Å². The van der Waals surface area contributed by atoms with Crippen molar-refractivity contribution in [2.45, 2.75) is 80.7 Å². The van der Waals surface area contributed by atoms with E-state index in [-0.39, 0.29) is 22.2 Å². The van der Waals surface area contributed by atoms with Crippen molar-refractivity contribution in [3.8, 4) is 11.5 Å². The van der Waals surface area contributed by atoms with Gasteiger partial charge in [-0.2, -0.15) is 13.2 Å². The Balaban J connectivity index is 1.31. The molecule has 2 aliphatic heterocycles. The molecule has 2 aromatic rings. The predicted molar refractivity (Wildman–Crippen MR) is 144 cm³/mol. The molecule has 0 radical (unpaired) electrons. The second-order valence-corrected chi connectivity index (χ2v) is 12.5. The largest absolute Gasteiger partial charge is 0.632 e. The molecule has 0 N–H and O–H groups in total. The Morgan fingerprint density at radius 3 is 2.66 bits per heavy atom. The number of likely N-dealkylation sites (tertiary alicyclic amines) is 1. The molecule has 6 nitrogen and oxygen atoms in total. The van der Waals surface area contributed by atoms with Crippen LogP contribution in [0.15, 0.2) is 54.6 Å². The highest BCUT2D eigenvalue weighted by Gasteiger charge is 2.76. The first-order valence-corrected chi connectivity index (χ1v) is 14.6. The number of carbonyl (C=O) groups is 1. The second kappa shape index (κ2) is 9.31. The van der Waals surface area contributed by atoms with Crippen LogP contribution in [0.1, 0.15) is 55.2 Å². The number of ether oxygens (including phenoxy) is 3. The van der Waals surface area contributed by atoms with Crippen molar-refractivity contribution >= 4 is 5.97 Å². The summed E-state index contributed by atoms with van der Waals surface area (Å²) in [5.74, 6) is -1.95. The van der Waals surface area contributed by atoms with Gasteiger partial charge in [0.2, 0.25) is 0 Å². The number of aryl methyl sites for hydroxylation is 1. The Morgan fingerprint density at radius 1 is 1.15 bits per heavy atom. The minimum absolute atomic E-state index is 0.164. The van der Waals surface area contributed by atoms with E-state index >= 15 is 0 Å².